The number of amides is 1. The molecule has 2 heteroatoms. The first-order valence-electron chi connectivity index (χ1n) is 3.92. The van der Waals surface area contributed by atoms with Gasteiger partial charge in [-0.05, 0) is 26.5 Å². The summed E-state index contributed by atoms with van der Waals surface area (Å²) >= 11 is 0. The standard InChI is InChI=1S/C9H15NO/c1-4-6-7-8(5-2)9(11)10-3/h5H,3-4,6-7H2,1-2H3/b8-5+. The molecule has 0 rings (SSSR count). The minimum atomic E-state index is -0.180. The molecule has 0 heterocycles. The molecule has 0 saturated heterocycles. The average molecular weight is 153 g/mol. The zero-order valence-corrected chi connectivity index (χ0v) is 7.26. The third-order valence-corrected chi connectivity index (χ3v) is 1.57. The molecule has 62 valence electrons. The maximum absolute atomic E-state index is 11.0. The van der Waals surface area contributed by atoms with Gasteiger partial charge in [0.1, 0.15) is 0 Å². The summed E-state index contributed by atoms with van der Waals surface area (Å²) in [4.78, 5) is 14.3. The number of allylic oxidation sites excluding steroid dienone is 1. The van der Waals surface area contributed by atoms with E-state index in [1.54, 1.807) is 0 Å². The highest BCUT2D eigenvalue weighted by Gasteiger charge is 2.03. The predicted octanol–water partition coefficient (Wildman–Crippen LogP) is 2.35. The van der Waals surface area contributed by atoms with Gasteiger partial charge in [0.05, 0.1) is 0 Å². The van der Waals surface area contributed by atoms with Gasteiger partial charge in [0, 0.05) is 5.57 Å². The lowest BCUT2D eigenvalue weighted by Crippen LogP contribution is -1.97. The van der Waals surface area contributed by atoms with Crippen LogP contribution in [-0.4, -0.2) is 12.6 Å². The van der Waals surface area contributed by atoms with Crippen molar-refractivity contribution in [1.29, 1.82) is 0 Å². The molecule has 2 nitrogen and oxygen atoms in total. The lowest BCUT2D eigenvalue weighted by Gasteiger charge is -1.98. The van der Waals surface area contributed by atoms with Gasteiger partial charge in [-0.2, -0.15) is 0 Å². The van der Waals surface area contributed by atoms with Crippen LogP contribution in [0.4, 0.5) is 0 Å². The third-order valence-electron chi connectivity index (χ3n) is 1.57. The lowest BCUT2D eigenvalue weighted by molar-refractivity contribution is -0.114. The number of aliphatic imine (C=N–C) groups is 1. The summed E-state index contributed by atoms with van der Waals surface area (Å²) in [7, 11) is 0. The number of carbonyl (C=O) groups excluding carboxylic acids is 1. The van der Waals surface area contributed by atoms with E-state index in [2.05, 4.69) is 18.6 Å². The van der Waals surface area contributed by atoms with E-state index in [0.717, 1.165) is 24.8 Å². The van der Waals surface area contributed by atoms with Crippen molar-refractivity contribution < 1.29 is 4.79 Å². The first-order valence-corrected chi connectivity index (χ1v) is 3.92. The number of hydrogen-bond acceptors (Lipinski definition) is 1. The van der Waals surface area contributed by atoms with Gasteiger partial charge < -0.3 is 0 Å². The fourth-order valence-electron chi connectivity index (χ4n) is 0.844. The van der Waals surface area contributed by atoms with E-state index in [0.29, 0.717) is 0 Å². The predicted molar refractivity (Wildman–Crippen MR) is 47.8 cm³/mol. The van der Waals surface area contributed by atoms with Gasteiger partial charge in [-0.1, -0.05) is 19.4 Å². The van der Waals surface area contributed by atoms with Gasteiger partial charge in [0.15, 0.2) is 0 Å². The third kappa shape index (κ3) is 3.71. The summed E-state index contributed by atoms with van der Waals surface area (Å²) in [5, 5.41) is 0. The zero-order chi connectivity index (χ0) is 8.69. The maximum atomic E-state index is 11.0. The Labute approximate surface area is 68.0 Å². The molecule has 0 fully saturated rings. The van der Waals surface area contributed by atoms with Gasteiger partial charge in [-0.25, -0.2) is 4.99 Å². The van der Waals surface area contributed by atoms with Crippen molar-refractivity contribution in [3.05, 3.63) is 11.6 Å². The van der Waals surface area contributed by atoms with Gasteiger partial charge in [-0.3, -0.25) is 4.79 Å². The molecule has 0 aromatic rings. The molecule has 0 spiro atoms. The van der Waals surface area contributed by atoms with Gasteiger partial charge in [0.2, 0.25) is 0 Å². The first kappa shape index (κ1) is 10.1. The summed E-state index contributed by atoms with van der Waals surface area (Å²) in [5.74, 6) is -0.180. The highest BCUT2D eigenvalue weighted by Crippen LogP contribution is 2.08. The Bertz CT molecular complexity index is 170. The molecule has 0 aliphatic carbocycles. The van der Waals surface area contributed by atoms with Gasteiger partial charge in [-0.15, -0.1) is 0 Å². The van der Waals surface area contributed by atoms with Crippen LogP contribution >= 0.6 is 0 Å². The minimum absolute atomic E-state index is 0.180. The molecule has 0 bridgehead atoms. The quantitative estimate of drug-likeness (QED) is 0.450. The number of hydrogen-bond donors (Lipinski definition) is 0. The van der Waals surface area contributed by atoms with Crippen molar-refractivity contribution in [3.8, 4) is 0 Å². The topological polar surface area (TPSA) is 29.4 Å². The average Bonchev–Trinajstić information content (AvgIpc) is 2.05. The second kappa shape index (κ2) is 5.83. The molecular formula is C9H15NO. The van der Waals surface area contributed by atoms with E-state index in [1.165, 1.54) is 0 Å². The smallest absolute Gasteiger partial charge is 0.267 e. The van der Waals surface area contributed by atoms with Crippen LogP contribution < -0.4 is 0 Å². The van der Waals surface area contributed by atoms with Crippen molar-refractivity contribution in [1.82, 2.24) is 0 Å². The van der Waals surface area contributed by atoms with Crippen molar-refractivity contribution in [3.63, 3.8) is 0 Å². The number of unbranched alkanes of at least 4 members (excludes halogenated alkanes) is 1. The summed E-state index contributed by atoms with van der Waals surface area (Å²) in [6, 6.07) is 0. The van der Waals surface area contributed by atoms with Crippen molar-refractivity contribution in [2.24, 2.45) is 4.99 Å². The van der Waals surface area contributed by atoms with Crippen LogP contribution in [0.3, 0.4) is 0 Å². The molecule has 0 unspecified atom stereocenters. The monoisotopic (exact) mass is 153 g/mol. The maximum Gasteiger partial charge on any atom is 0.271 e. The van der Waals surface area contributed by atoms with E-state index < -0.39 is 0 Å². The Morgan fingerprint density at radius 2 is 2.27 bits per heavy atom. The van der Waals surface area contributed by atoms with Crippen LogP contribution in [0, 0.1) is 0 Å². The summed E-state index contributed by atoms with van der Waals surface area (Å²) in [5.41, 5.74) is 0.779. The molecule has 0 aliphatic heterocycles. The Morgan fingerprint density at radius 1 is 1.64 bits per heavy atom. The lowest BCUT2D eigenvalue weighted by atomic mass is 10.1. The van der Waals surface area contributed by atoms with Crippen molar-refractivity contribution in [2.75, 3.05) is 0 Å². The van der Waals surface area contributed by atoms with E-state index in [9.17, 15) is 4.79 Å². The van der Waals surface area contributed by atoms with Gasteiger partial charge in [0.25, 0.3) is 5.91 Å². The van der Waals surface area contributed by atoms with Crippen LogP contribution in [0.25, 0.3) is 0 Å². The SMILES string of the molecule is C=NC(=O)/C(=C/C)CCCC. The van der Waals surface area contributed by atoms with Crippen LogP contribution in [0.1, 0.15) is 33.1 Å². The summed E-state index contributed by atoms with van der Waals surface area (Å²) in [6.07, 6.45) is 4.78. The van der Waals surface area contributed by atoms with Crippen LogP contribution in [0.2, 0.25) is 0 Å². The molecule has 1 amide bonds. The van der Waals surface area contributed by atoms with Crippen LogP contribution in [0.5, 0.6) is 0 Å². The van der Waals surface area contributed by atoms with E-state index in [4.69, 9.17) is 0 Å². The molecular weight excluding hydrogens is 138 g/mol. The largest absolute Gasteiger partial charge is 0.271 e. The zero-order valence-electron chi connectivity index (χ0n) is 7.26. The highest BCUT2D eigenvalue weighted by molar-refractivity contribution is 5.96. The van der Waals surface area contributed by atoms with Crippen molar-refractivity contribution in [2.45, 2.75) is 33.1 Å². The summed E-state index contributed by atoms with van der Waals surface area (Å²) in [6.45, 7) is 7.15. The molecule has 0 aromatic carbocycles. The summed E-state index contributed by atoms with van der Waals surface area (Å²) < 4.78 is 0. The van der Waals surface area contributed by atoms with Gasteiger partial charge >= 0.3 is 0 Å². The number of carbonyl (C=O) groups is 1. The molecule has 0 atom stereocenters. The molecule has 0 aromatic heterocycles. The second-order valence-electron chi connectivity index (χ2n) is 2.38. The van der Waals surface area contributed by atoms with E-state index >= 15 is 0 Å². The molecule has 0 radical (unpaired) electrons. The Kier molecular flexibility index (Phi) is 5.35. The van der Waals surface area contributed by atoms with E-state index in [1.807, 2.05) is 13.0 Å². The normalized spacial score (nSPS) is 11.3. The fraction of sp³-hybridized carbons (Fsp3) is 0.556. The molecule has 11 heavy (non-hydrogen) atoms. The van der Waals surface area contributed by atoms with Crippen molar-refractivity contribution >= 4 is 12.6 Å². The molecule has 0 saturated carbocycles. The first-order chi connectivity index (χ1) is 5.26. The minimum Gasteiger partial charge on any atom is -0.267 e. The molecule has 0 N–H and O–H groups in total. The van der Waals surface area contributed by atoms with Crippen LogP contribution in [0.15, 0.2) is 16.6 Å². The highest BCUT2D eigenvalue weighted by atomic mass is 16.1. The van der Waals surface area contributed by atoms with Crippen LogP contribution in [-0.2, 0) is 4.79 Å². The fourth-order valence-corrected chi connectivity index (χ4v) is 0.844. The Morgan fingerprint density at radius 3 is 2.64 bits per heavy atom. The Hall–Kier alpha value is -0.920. The second-order valence-corrected chi connectivity index (χ2v) is 2.38. The number of rotatable bonds is 4. The number of nitrogens with zero attached hydrogens (tertiary/aromatic N) is 1. The molecule has 0 aliphatic rings. The van der Waals surface area contributed by atoms with E-state index in [-0.39, 0.29) is 5.91 Å². The Balaban J connectivity index is 3.97.